The number of halogens is 1. The van der Waals surface area contributed by atoms with Gasteiger partial charge in [-0.2, -0.15) is 0 Å². The van der Waals surface area contributed by atoms with Gasteiger partial charge in [-0.25, -0.2) is 0 Å². The van der Waals surface area contributed by atoms with Crippen LogP contribution in [0.5, 0.6) is 11.5 Å². The summed E-state index contributed by atoms with van der Waals surface area (Å²) in [5.74, 6) is -0.502. The molecule has 0 aromatic heterocycles. The Morgan fingerprint density at radius 3 is 2.26 bits per heavy atom. The number of allylic oxidation sites excluding steroid dienone is 2. The van der Waals surface area contributed by atoms with E-state index in [9.17, 15) is 14.4 Å². The Labute approximate surface area is 162 Å². The minimum Gasteiger partial charge on any atom is -0.495 e. The largest absolute Gasteiger partial charge is 0.495 e. The molecule has 144 valence electrons. The van der Waals surface area contributed by atoms with Crippen molar-refractivity contribution in [3.63, 3.8) is 0 Å². The van der Waals surface area contributed by atoms with Crippen molar-refractivity contribution in [3.05, 3.63) is 29.3 Å². The van der Waals surface area contributed by atoms with E-state index in [0.29, 0.717) is 35.1 Å². The van der Waals surface area contributed by atoms with Gasteiger partial charge in [-0.1, -0.05) is 23.8 Å². The highest BCUT2D eigenvalue weighted by atomic mass is 35.5. The lowest BCUT2D eigenvalue weighted by Crippen LogP contribution is -2.34. The molecular weight excluding hydrogens is 372 g/mol. The number of likely N-dealkylation sites (tertiary alicyclic amines) is 1. The van der Waals surface area contributed by atoms with E-state index < -0.39 is 0 Å². The van der Waals surface area contributed by atoms with Crippen LogP contribution in [-0.4, -0.2) is 43.4 Å². The lowest BCUT2D eigenvalue weighted by molar-refractivity contribution is -0.140. The summed E-state index contributed by atoms with van der Waals surface area (Å²) in [5.41, 5.74) is 0.403. The van der Waals surface area contributed by atoms with Crippen LogP contribution in [0.2, 0.25) is 5.02 Å². The second-order valence-corrected chi connectivity index (χ2v) is 6.88. The summed E-state index contributed by atoms with van der Waals surface area (Å²) < 4.78 is 10.4. The Morgan fingerprint density at radius 2 is 1.70 bits per heavy atom. The number of anilines is 1. The van der Waals surface area contributed by atoms with Gasteiger partial charge in [0.25, 0.3) is 0 Å². The SMILES string of the molecule is COc1cc(NC(=O)CCN2C(=O)[C@@H]3CC=CC[C@H]3C2=O)c(OC)cc1Cl. The van der Waals surface area contributed by atoms with E-state index in [4.69, 9.17) is 21.1 Å². The van der Waals surface area contributed by atoms with Crippen LogP contribution >= 0.6 is 11.6 Å². The molecule has 1 N–H and O–H groups in total. The standard InChI is InChI=1S/C19H21ClN2O5/c1-26-15-10-14(16(27-2)9-13(15)20)21-17(23)7-8-22-18(24)11-5-3-4-6-12(11)19(22)25/h3-4,9-12H,5-8H2,1-2H3,(H,21,23)/t11-,12-/m1/s1. The maximum Gasteiger partial charge on any atom is 0.233 e. The maximum absolute atomic E-state index is 12.4. The molecule has 27 heavy (non-hydrogen) atoms. The van der Waals surface area contributed by atoms with Crippen LogP contribution in [0.25, 0.3) is 0 Å². The summed E-state index contributed by atoms with van der Waals surface area (Å²) in [6, 6.07) is 3.10. The first-order valence-electron chi connectivity index (χ1n) is 8.67. The van der Waals surface area contributed by atoms with Gasteiger partial charge in [-0.15, -0.1) is 0 Å². The van der Waals surface area contributed by atoms with Gasteiger partial charge < -0.3 is 14.8 Å². The average molecular weight is 393 g/mol. The zero-order chi connectivity index (χ0) is 19.6. The van der Waals surface area contributed by atoms with E-state index in [1.165, 1.54) is 19.1 Å². The first-order valence-corrected chi connectivity index (χ1v) is 9.05. The molecule has 7 nitrogen and oxygen atoms in total. The second-order valence-electron chi connectivity index (χ2n) is 6.47. The van der Waals surface area contributed by atoms with Crippen LogP contribution in [0.4, 0.5) is 5.69 Å². The first kappa shape index (κ1) is 19.2. The predicted molar refractivity (Wildman–Crippen MR) is 99.9 cm³/mol. The summed E-state index contributed by atoms with van der Waals surface area (Å²) in [4.78, 5) is 38.4. The van der Waals surface area contributed by atoms with Crippen LogP contribution in [0.1, 0.15) is 19.3 Å². The van der Waals surface area contributed by atoms with Gasteiger partial charge in [-0.3, -0.25) is 19.3 Å². The molecule has 1 aliphatic heterocycles. The normalized spacial score (nSPS) is 21.2. The molecule has 0 radical (unpaired) electrons. The summed E-state index contributed by atoms with van der Waals surface area (Å²) in [7, 11) is 2.93. The number of hydrogen-bond donors (Lipinski definition) is 1. The van der Waals surface area contributed by atoms with Gasteiger partial charge in [0.2, 0.25) is 17.7 Å². The smallest absolute Gasteiger partial charge is 0.233 e. The highest BCUT2D eigenvalue weighted by Crippen LogP contribution is 2.37. The third-order valence-corrected chi connectivity index (χ3v) is 5.20. The summed E-state index contributed by atoms with van der Waals surface area (Å²) >= 11 is 6.05. The van der Waals surface area contributed by atoms with Crippen molar-refractivity contribution >= 4 is 35.0 Å². The summed E-state index contributed by atoms with van der Waals surface area (Å²) in [5, 5.41) is 3.07. The molecule has 0 bridgehead atoms. The monoisotopic (exact) mass is 392 g/mol. The van der Waals surface area contributed by atoms with E-state index in [1.807, 2.05) is 12.2 Å². The molecule has 1 heterocycles. The van der Waals surface area contributed by atoms with Crippen molar-refractivity contribution < 1.29 is 23.9 Å². The van der Waals surface area contributed by atoms with Gasteiger partial charge in [-0.05, 0) is 12.8 Å². The number of carbonyl (C=O) groups excluding carboxylic acids is 3. The predicted octanol–water partition coefficient (Wildman–Crippen LogP) is 2.64. The quantitative estimate of drug-likeness (QED) is 0.594. The second kappa shape index (κ2) is 8.00. The van der Waals surface area contributed by atoms with Crippen molar-refractivity contribution in [1.29, 1.82) is 0 Å². The van der Waals surface area contributed by atoms with Crippen LogP contribution in [0.15, 0.2) is 24.3 Å². The Kier molecular flexibility index (Phi) is 5.70. The lowest BCUT2D eigenvalue weighted by atomic mass is 9.85. The molecule has 1 saturated heterocycles. The number of benzene rings is 1. The molecule has 1 aliphatic carbocycles. The minimum atomic E-state index is -0.341. The molecule has 1 fully saturated rings. The average Bonchev–Trinajstić information content (AvgIpc) is 2.92. The van der Waals surface area contributed by atoms with E-state index >= 15 is 0 Å². The topological polar surface area (TPSA) is 84.9 Å². The van der Waals surface area contributed by atoms with Crippen molar-refractivity contribution in [3.8, 4) is 11.5 Å². The summed E-state index contributed by atoms with van der Waals surface area (Å²) in [6.07, 6.45) is 5.03. The van der Waals surface area contributed by atoms with Crippen molar-refractivity contribution in [2.75, 3.05) is 26.1 Å². The van der Waals surface area contributed by atoms with E-state index in [1.54, 1.807) is 12.1 Å². The molecule has 0 saturated carbocycles. The molecule has 0 unspecified atom stereocenters. The molecular formula is C19H21ClN2O5. The fourth-order valence-electron chi connectivity index (χ4n) is 3.47. The first-order chi connectivity index (χ1) is 13.0. The molecule has 1 aromatic rings. The lowest BCUT2D eigenvalue weighted by Gasteiger charge is -2.16. The molecule has 1 aromatic carbocycles. The number of rotatable bonds is 6. The van der Waals surface area contributed by atoms with Gasteiger partial charge >= 0.3 is 0 Å². The number of ether oxygens (including phenoxy) is 2. The molecule has 2 atom stereocenters. The number of amides is 3. The molecule has 8 heteroatoms. The van der Waals surface area contributed by atoms with Crippen LogP contribution in [0.3, 0.4) is 0 Å². The maximum atomic E-state index is 12.4. The van der Waals surface area contributed by atoms with Crippen molar-refractivity contribution in [1.82, 2.24) is 4.90 Å². The highest BCUT2D eigenvalue weighted by Gasteiger charge is 2.46. The Balaban J connectivity index is 1.64. The van der Waals surface area contributed by atoms with Crippen molar-refractivity contribution in [2.24, 2.45) is 11.8 Å². The third-order valence-electron chi connectivity index (χ3n) is 4.91. The Bertz CT molecular complexity index is 782. The molecule has 3 amide bonds. The number of hydrogen-bond acceptors (Lipinski definition) is 5. The van der Waals surface area contributed by atoms with Crippen molar-refractivity contribution in [2.45, 2.75) is 19.3 Å². The van der Waals surface area contributed by atoms with Gasteiger partial charge in [0.15, 0.2) is 0 Å². The zero-order valence-electron chi connectivity index (χ0n) is 15.2. The van der Waals surface area contributed by atoms with E-state index in [0.717, 1.165) is 0 Å². The van der Waals surface area contributed by atoms with Crippen LogP contribution in [-0.2, 0) is 14.4 Å². The zero-order valence-corrected chi connectivity index (χ0v) is 15.9. The Hall–Kier alpha value is -2.54. The van der Waals surface area contributed by atoms with Gasteiger partial charge in [0, 0.05) is 25.1 Å². The molecule has 0 spiro atoms. The van der Waals surface area contributed by atoms with Gasteiger partial charge in [0.1, 0.15) is 11.5 Å². The highest BCUT2D eigenvalue weighted by molar-refractivity contribution is 6.32. The van der Waals surface area contributed by atoms with E-state index in [-0.39, 0.29) is 42.5 Å². The fraction of sp³-hybridized carbons (Fsp3) is 0.421. The van der Waals surface area contributed by atoms with Gasteiger partial charge in [0.05, 0.1) is 36.8 Å². The molecule has 3 rings (SSSR count). The Morgan fingerprint density at radius 1 is 1.11 bits per heavy atom. The van der Waals surface area contributed by atoms with Crippen LogP contribution < -0.4 is 14.8 Å². The fourth-order valence-corrected chi connectivity index (χ4v) is 3.70. The number of methoxy groups -OCH3 is 2. The number of fused-ring (bicyclic) bond motifs is 1. The number of imide groups is 1. The number of nitrogens with one attached hydrogen (secondary N) is 1. The van der Waals surface area contributed by atoms with E-state index in [2.05, 4.69) is 5.32 Å². The number of carbonyl (C=O) groups is 3. The minimum absolute atomic E-state index is 0.00154. The summed E-state index contributed by atoms with van der Waals surface area (Å²) in [6.45, 7) is 0.0591. The molecule has 2 aliphatic rings. The van der Waals surface area contributed by atoms with Crippen LogP contribution in [0, 0.1) is 11.8 Å². The third kappa shape index (κ3) is 3.78. The number of nitrogens with zero attached hydrogens (tertiary/aromatic N) is 1.